The number of benzene rings is 3. The van der Waals surface area contributed by atoms with Crippen LogP contribution >= 0.6 is 23.1 Å². The highest BCUT2D eigenvalue weighted by Crippen LogP contribution is 2.54. The van der Waals surface area contributed by atoms with Gasteiger partial charge in [-0.3, -0.25) is 23.7 Å². The largest absolute Gasteiger partial charge is 0.416 e. The Bertz CT molecular complexity index is 1870. The number of amides is 3. The molecular weight excluding hydrogens is 626 g/mol. The van der Waals surface area contributed by atoms with Gasteiger partial charge < -0.3 is 10.2 Å². The molecule has 2 unspecified atom stereocenters. The van der Waals surface area contributed by atoms with Gasteiger partial charge in [-0.15, -0.1) is 0 Å². The van der Waals surface area contributed by atoms with Gasteiger partial charge in [-0.25, -0.2) is 4.90 Å². The molecule has 13 heteroatoms. The number of thioether (sulfide) groups is 1. The summed E-state index contributed by atoms with van der Waals surface area (Å²) in [7, 11) is 3.75. The lowest BCUT2D eigenvalue weighted by Crippen LogP contribution is -2.33. The fourth-order valence-electron chi connectivity index (χ4n) is 5.65. The van der Waals surface area contributed by atoms with Crippen LogP contribution in [0.2, 0.25) is 0 Å². The lowest BCUT2D eigenvalue weighted by atomic mass is 9.83. The first-order valence-corrected chi connectivity index (χ1v) is 15.6. The molecule has 232 valence electrons. The number of hydrogen-bond donors (Lipinski definition) is 1. The van der Waals surface area contributed by atoms with Gasteiger partial charge in [0.25, 0.3) is 0 Å². The van der Waals surface area contributed by atoms with Gasteiger partial charge in [-0.05, 0) is 55.0 Å². The Balaban J connectivity index is 1.41. The first-order chi connectivity index (χ1) is 21.3. The number of carbonyl (C=O) groups excluding carboxylic acids is 3. The van der Waals surface area contributed by atoms with Crippen LogP contribution in [0.15, 0.2) is 82.6 Å². The Morgan fingerprint density at radius 1 is 0.956 bits per heavy atom. The van der Waals surface area contributed by atoms with Crippen LogP contribution in [0.5, 0.6) is 0 Å². The second-order valence-electron chi connectivity index (χ2n) is 11.1. The second-order valence-corrected chi connectivity index (χ2v) is 13.2. The fraction of sp³-hybridized carbons (Fsp3) is 0.250. The van der Waals surface area contributed by atoms with Crippen molar-refractivity contribution in [1.82, 2.24) is 4.57 Å². The normalized spacial score (nSPS) is 19.3. The number of hydrogen-bond acceptors (Lipinski definition) is 7. The zero-order chi connectivity index (χ0) is 32.2. The molecule has 2 aliphatic rings. The lowest BCUT2D eigenvalue weighted by Gasteiger charge is -2.31. The van der Waals surface area contributed by atoms with Gasteiger partial charge in [-0.2, -0.15) is 13.2 Å². The first kappa shape index (κ1) is 30.7. The molecule has 1 fully saturated rings. The van der Waals surface area contributed by atoms with E-state index in [-0.39, 0.29) is 12.2 Å². The van der Waals surface area contributed by atoms with Crippen LogP contribution in [0.25, 0.3) is 0 Å². The van der Waals surface area contributed by atoms with Crippen LogP contribution in [-0.2, 0) is 27.1 Å². The molecule has 3 aromatic carbocycles. The number of alkyl halides is 3. The molecule has 3 atom stereocenters. The molecule has 0 aliphatic carbocycles. The van der Waals surface area contributed by atoms with Gasteiger partial charge in [0, 0.05) is 36.3 Å². The number of fused-ring (bicyclic) bond motifs is 2. The maximum atomic E-state index is 14.0. The Morgan fingerprint density at radius 2 is 1.64 bits per heavy atom. The van der Waals surface area contributed by atoms with E-state index in [0.717, 1.165) is 57.4 Å². The molecule has 1 N–H and O–H groups in total. The summed E-state index contributed by atoms with van der Waals surface area (Å²) < 4.78 is 41.9. The number of aromatic nitrogens is 1. The third-order valence-electron chi connectivity index (χ3n) is 7.89. The topological polar surface area (TPSA) is 91.7 Å². The number of halogens is 3. The third kappa shape index (κ3) is 5.66. The van der Waals surface area contributed by atoms with Crippen molar-refractivity contribution in [3.63, 3.8) is 0 Å². The summed E-state index contributed by atoms with van der Waals surface area (Å²) in [5.41, 5.74) is 1.98. The summed E-state index contributed by atoms with van der Waals surface area (Å²) in [6.45, 7) is 1.59. The average Bonchev–Trinajstić information content (AvgIpc) is 3.44. The number of carbonyl (C=O) groups is 3. The van der Waals surface area contributed by atoms with Gasteiger partial charge in [-0.1, -0.05) is 59.0 Å². The van der Waals surface area contributed by atoms with Crippen molar-refractivity contribution in [2.24, 2.45) is 5.92 Å². The van der Waals surface area contributed by atoms with E-state index in [9.17, 15) is 32.3 Å². The van der Waals surface area contributed by atoms with Gasteiger partial charge in [0.05, 0.1) is 22.2 Å². The molecule has 4 aromatic rings. The molecule has 1 saturated heterocycles. The molecule has 0 radical (unpaired) electrons. The Hall–Kier alpha value is -4.36. The summed E-state index contributed by atoms with van der Waals surface area (Å²) in [5, 5.41) is 2.14. The van der Waals surface area contributed by atoms with Gasteiger partial charge >= 0.3 is 11.0 Å². The first-order valence-electron chi connectivity index (χ1n) is 13.9. The molecule has 3 heterocycles. The predicted molar refractivity (Wildman–Crippen MR) is 168 cm³/mol. The highest BCUT2D eigenvalue weighted by atomic mass is 32.2. The smallest absolute Gasteiger partial charge is 0.378 e. The Morgan fingerprint density at radius 3 is 2.29 bits per heavy atom. The number of anilines is 3. The van der Waals surface area contributed by atoms with Crippen molar-refractivity contribution in [3.8, 4) is 0 Å². The molecule has 0 bridgehead atoms. The molecular formula is C32H27F3N4O4S2. The van der Waals surface area contributed by atoms with Crippen molar-refractivity contribution in [3.05, 3.63) is 104 Å². The zero-order valence-corrected chi connectivity index (χ0v) is 25.9. The number of thiazole rings is 1. The van der Waals surface area contributed by atoms with E-state index in [4.69, 9.17) is 0 Å². The number of nitrogens with zero attached hydrogens (tertiary/aromatic N) is 3. The Labute approximate surface area is 264 Å². The molecule has 2 aliphatic heterocycles. The van der Waals surface area contributed by atoms with E-state index in [1.807, 2.05) is 62.3 Å². The lowest BCUT2D eigenvalue weighted by molar-refractivity contribution is -0.137. The van der Waals surface area contributed by atoms with Crippen LogP contribution in [-0.4, -0.2) is 41.6 Å². The monoisotopic (exact) mass is 652 g/mol. The van der Waals surface area contributed by atoms with E-state index >= 15 is 0 Å². The van der Waals surface area contributed by atoms with Gasteiger partial charge in [0.15, 0.2) is 0 Å². The molecule has 8 nitrogen and oxygen atoms in total. The molecule has 45 heavy (non-hydrogen) atoms. The summed E-state index contributed by atoms with van der Waals surface area (Å²) >= 11 is 1.90. The fourth-order valence-corrected chi connectivity index (χ4v) is 8.42. The van der Waals surface area contributed by atoms with Crippen molar-refractivity contribution >= 4 is 57.9 Å². The van der Waals surface area contributed by atoms with E-state index in [2.05, 4.69) is 5.32 Å². The van der Waals surface area contributed by atoms with Crippen LogP contribution in [0, 0.1) is 12.8 Å². The minimum absolute atomic E-state index is 0.172. The maximum Gasteiger partial charge on any atom is 0.416 e. The Kier molecular flexibility index (Phi) is 7.86. The summed E-state index contributed by atoms with van der Waals surface area (Å²) in [6.07, 6.45) is -4.67. The standard InChI is InChI=1S/C32H27F3N4O4S2/c1-17-7-11-20(12-8-17)36-23(40)16-38-30-27(45-31(38)43)24(18-9-13-21(14-10-18)37(2)3)25-26(44-30)29(42)39(28(25)41)22-6-4-5-19(15-22)32(33,34)35/h4-15,24-26H,16H2,1-3H3,(H,36,40)/t24-,25?,26?/m1/s1. The van der Waals surface area contributed by atoms with Crippen LogP contribution in [0.1, 0.15) is 27.5 Å². The average molecular weight is 653 g/mol. The number of nitrogens with one attached hydrogen (secondary N) is 1. The van der Waals surface area contributed by atoms with Crippen LogP contribution < -0.4 is 20.0 Å². The van der Waals surface area contributed by atoms with Crippen LogP contribution in [0.3, 0.4) is 0 Å². The third-order valence-corrected chi connectivity index (χ3v) is 10.5. The van der Waals surface area contributed by atoms with Gasteiger partial charge in [0.2, 0.25) is 17.7 Å². The quantitative estimate of drug-likeness (QED) is 0.268. The minimum atomic E-state index is -4.67. The van der Waals surface area contributed by atoms with Crippen LogP contribution in [0.4, 0.5) is 30.2 Å². The number of imide groups is 1. The van der Waals surface area contributed by atoms with Crippen molar-refractivity contribution in [1.29, 1.82) is 0 Å². The van der Waals surface area contributed by atoms with Crippen molar-refractivity contribution in [2.75, 3.05) is 29.2 Å². The van der Waals surface area contributed by atoms with E-state index in [1.165, 1.54) is 10.6 Å². The SMILES string of the molecule is Cc1ccc(NC(=O)Cn2c3c(sc2=O)[C@H](c2ccc(N(C)C)cc2)C2C(=O)N(c4cccc(C(F)(F)F)c4)C(=O)C2S3)cc1. The highest BCUT2D eigenvalue weighted by molar-refractivity contribution is 8.00. The molecule has 6 rings (SSSR count). The van der Waals surface area contributed by atoms with Gasteiger partial charge in [0.1, 0.15) is 11.8 Å². The zero-order valence-electron chi connectivity index (χ0n) is 24.3. The molecule has 1 aromatic heterocycles. The van der Waals surface area contributed by atoms with E-state index in [0.29, 0.717) is 21.2 Å². The number of rotatable bonds is 6. The van der Waals surface area contributed by atoms with Crippen molar-refractivity contribution in [2.45, 2.75) is 35.8 Å². The second kappa shape index (κ2) is 11.5. The van der Waals surface area contributed by atoms with E-state index in [1.54, 1.807) is 12.1 Å². The minimum Gasteiger partial charge on any atom is -0.378 e. The molecule has 0 spiro atoms. The highest BCUT2D eigenvalue weighted by Gasteiger charge is 2.57. The molecule has 3 amide bonds. The summed E-state index contributed by atoms with van der Waals surface area (Å²) in [6, 6.07) is 18.7. The summed E-state index contributed by atoms with van der Waals surface area (Å²) in [5.74, 6) is -3.50. The maximum absolute atomic E-state index is 14.0. The number of aryl methyl sites for hydroxylation is 1. The van der Waals surface area contributed by atoms with E-state index < -0.39 is 51.4 Å². The summed E-state index contributed by atoms with van der Waals surface area (Å²) in [4.78, 5) is 57.1. The van der Waals surface area contributed by atoms with Crippen molar-refractivity contribution < 1.29 is 27.6 Å². The predicted octanol–water partition coefficient (Wildman–Crippen LogP) is 5.74. The molecule has 0 saturated carbocycles.